The molecule has 0 bridgehead atoms. The van der Waals surface area contributed by atoms with Gasteiger partial charge >= 0.3 is 12.1 Å². The smallest absolute Gasteiger partial charge is 0.279 e. The maximum Gasteiger partial charge on any atom is 0.459 e. The fourth-order valence-electron chi connectivity index (χ4n) is 2.31. The van der Waals surface area contributed by atoms with E-state index in [9.17, 15) is 26.2 Å². The van der Waals surface area contributed by atoms with E-state index in [0.717, 1.165) is 5.56 Å². The molecular weight excluding hydrogens is 385 g/mol. The predicted octanol–water partition coefficient (Wildman–Crippen LogP) is 5.50. The van der Waals surface area contributed by atoms with Crippen molar-refractivity contribution in [2.75, 3.05) is 5.75 Å². The van der Waals surface area contributed by atoms with Crippen molar-refractivity contribution < 1.29 is 26.2 Å². The van der Waals surface area contributed by atoms with Crippen LogP contribution in [0.15, 0.2) is 64.5 Å². The molecule has 0 aliphatic rings. The van der Waals surface area contributed by atoms with Crippen LogP contribution in [-0.2, 0) is 10.8 Å². The number of alkyl halides is 5. The summed E-state index contributed by atoms with van der Waals surface area (Å²) in [5.74, 6) is -6.18. The van der Waals surface area contributed by atoms with Gasteiger partial charge in [0.2, 0.25) is 0 Å². The van der Waals surface area contributed by atoms with E-state index in [0.29, 0.717) is 5.56 Å². The Labute approximate surface area is 156 Å². The van der Waals surface area contributed by atoms with Gasteiger partial charge in [0.25, 0.3) is 0 Å². The van der Waals surface area contributed by atoms with Crippen LogP contribution in [0, 0.1) is 6.92 Å². The summed E-state index contributed by atoms with van der Waals surface area (Å²) in [5.41, 5.74) is -0.109. The molecule has 0 saturated heterocycles. The van der Waals surface area contributed by atoms with E-state index in [1.165, 1.54) is 19.1 Å². The third kappa shape index (κ3) is 5.22. The Balaban J connectivity index is 2.39. The monoisotopic (exact) mass is 403 g/mol. The van der Waals surface area contributed by atoms with E-state index in [2.05, 4.69) is 4.99 Å². The minimum Gasteiger partial charge on any atom is -0.279 e. The number of benzene rings is 2. The summed E-state index contributed by atoms with van der Waals surface area (Å²) >= 11 is 0. The molecule has 2 aromatic carbocycles. The molecule has 0 aliphatic carbocycles. The van der Waals surface area contributed by atoms with Crippen molar-refractivity contribution >= 4 is 16.5 Å². The summed E-state index contributed by atoms with van der Waals surface area (Å²) in [6.45, 7) is 3.19. The lowest BCUT2D eigenvalue weighted by molar-refractivity contribution is -0.249. The Morgan fingerprint density at radius 2 is 1.56 bits per heavy atom. The Bertz CT molecular complexity index is 816. The Hall–Kier alpha value is -2.09. The lowest BCUT2D eigenvalue weighted by Gasteiger charge is -2.23. The molecule has 0 N–H and O–H groups in total. The normalized spacial score (nSPS) is 15.4. The quantitative estimate of drug-likeness (QED) is 0.462. The summed E-state index contributed by atoms with van der Waals surface area (Å²) in [6, 6.07) is 13.3. The maximum atomic E-state index is 14.0. The highest BCUT2D eigenvalue weighted by molar-refractivity contribution is 7.85. The zero-order valence-corrected chi connectivity index (χ0v) is 15.5. The van der Waals surface area contributed by atoms with Gasteiger partial charge in [0.05, 0.1) is 22.6 Å². The molecule has 0 aliphatic heterocycles. The van der Waals surface area contributed by atoms with Crippen molar-refractivity contribution in [1.82, 2.24) is 0 Å². The third-order valence-electron chi connectivity index (χ3n) is 3.90. The topological polar surface area (TPSA) is 29.4 Å². The number of nitrogens with zero attached hydrogens (tertiary/aromatic N) is 1. The van der Waals surface area contributed by atoms with Gasteiger partial charge in [-0.05, 0) is 31.5 Å². The standard InChI is InChI=1S/C19H18F5NOS/c1-13-8-10-16(11-9-13)27(26)12-17(18(20,21)19(22,23)24)25-14(2)15-6-4-3-5-7-15/h3-11,14H,12H2,1-2H3/t14-,27?/m1/s1. The highest BCUT2D eigenvalue weighted by atomic mass is 32.2. The molecule has 27 heavy (non-hydrogen) atoms. The number of halogens is 5. The zero-order valence-electron chi connectivity index (χ0n) is 14.6. The van der Waals surface area contributed by atoms with Crippen LogP contribution in [0.5, 0.6) is 0 Å². The summed E-state index contributed by atoms with van der Waals surface area (Å²) < 4.78 is 79.2. The predicted molar refractivity (Wildman–Crippen MR) is 95.7 cm³/mol. The summed E-state index contributed by atoms with van der Waals surface area (Å²) in [5, 5.41) is 0. The first-order valence-electron chi connectivity index (χ1n) is 8.04. The first kappa shape index (κ1) is 21.2. The molecule has 0 spiro atoms. The number of rotatable bonds is 6. The van der Waals surface area contributed by atoms with Crippen molar-refractivity contribution in [2.24, 2.45) is 4.99 Å². The summed E-state index contributed by atoms with van der Waals surface area (Å²) in [7, 11) is -2.09. The van der Waals surface area contributed by atoms with Crippen LogP contribution < -0.4 is 0 Å². The van der Waals surface area contributed by atoms with Crippen LogP contribution >= 0.6 is 0 Å². The molecule has 0 aromatic heterocycles. The zero-order chi connectivity index (χ0) is 20.2. The molecule has 0 radical (unpaired) electrons. The van der Waals surface area contributed by atoms with E-state index in [4.69, 9.17) is 0 Å². The number of aliphatic imine (C=N–C) groups is 1. The van der Waals surface area contributed by atoms with Gasteiger partial charge in [0, 0.05) is 4.90 Å². The van der Waals surface area contributed by atoms with Crippen LogP contribution in [-0.4, -0.2) is 27.8 Å². The van der Waals surface area contributed by atoms with Gasteiger partial charge in [0.15, 0.2) is 0 Å². The van der Waals surface area contributed by atoms with E-state index in [1.54, 1.807) is 49.4 Å². The van der Waals surface area contributed by atoms with Gasteiger partial charge in [-0.2, -0.15) is 22.0 Å². The Morgan fingerprint density at radius 3 is 2.07 bits per heavy atom. The Morgan fingerprint density at radius 1 is 1.00 bits per heavy atom. The molecule has 0 fully saturated rings. The molecule has 0 heterocycles. The molecule has 146 valence electrons. The highest BCUT2D eigenvalue weighted by Crippen LogP contribution is 2.38. The molecule has 1 unspecified atom stereocenters. The fourth-order valence-corrected chi connectivity index (χ4v) is 3.42. The number of hydrogen-bond donors (Lipinski definition) is 0. The number of aryl methyl sites for hydroxylation is 1. The van der Waals surface area contributed by atoms with Crippen molar-refractivity contribution in [3.8, 4) is 0 Å². The molecule has 2 atom stereocenters. The van der Waals surface area contributed by atoms with Crippen LogP contribution in [0.1, 0.15) is 24.1 Å². The van der Waals surface area contributed by atoms with Crippen LogP contribution in [0.25, 0.3) is 0 Å². The second kappa shape index (κ2) is 8.29. The van der Waals surface area contributed by atoms with Crippen molar-refractivity contribution in [2.45, 2.75) is 36.9 Å². The second-order valence-corrected chi connectivity index (χ2v) is 7.49. The van der Waals surface area contributed by atoms with Crippen LogP contribution in [0.4, 0.5) is 22.0 Å². The van der Waals surface area contributed by atoms with E-state index >= 15 is 0 Å². The van der Waals surface area contributed by atoms with Gasteiger partial charge < -0.3 is 0 Å². The van der Waals surface area contributed by atoms with Gasteiger partial charge in [-0.3, -0.25) is 9.20 Å². The minimum absolute atomic E-state index is 0.165. The first-order chi connectivity index (χ1) is 12.5. The van der Waals surface area contributed by atoms with Crippen molar-refractivity contribution in [1.29, 1.82) is 0 Å². The van der Waals surface area contributed by atoms with Crippen molar-refractivity contribution in [3.63, 3.8) is 0 Å². The molecular formula is C19H18F5NOS. The van der Waals surface area contributed by atoms with Gasteiger partial charge in [-0.1, -0.05) is 48.0 Å². The number of hydrogen-bond acceptors (Lipinski definition) is 2. The van der Waals surface area contributed by atoms with E-state index < -0.39 is 40.4 Å². The largest absolute Gasteiger partial charge is 0.459 e. The van der Waals surface area contributed by atoms with E-state index in [1.807, 2.05) is 0 Å². The maximum absolute atomic E-state index is 14.0. The lowest BCUT2D eigenvalue weighted by Crippen LogP contribution is -2.46. The SMILES string of the molecule is Cc1ccc(S(=O)CC(=N[C@H](C)c2ccccc2)C(F)(F)C(F)(F)F)cc1. The minimum atomic E-state index is -5.82. The van der Waals surface area contributed by atoms with Crippen LogP contribution in [0.3, 0.4) is 0 Å². The van der Waals surface area contributed by atoms with Gasteiger partial charge in [-0.15, -0.1) is 0 Å². The molecule has 0 amide bonds. The lowest BCUT2D eigenvalue weighted by atomic mass is 10.1. The first-order valence-corrected chi connectivity index (χ1v) is 9.36. The van der Waals surface area contributed by atoms with Gasteiger partial charge in [-0.25, -0.2) is 0 Å². The molecule has 8 heteroatoms. The fraction of sp³-hybridized carbons (Fsp3) is 0.316. The highest BCUT2D eigenvalue weighted by Gasteiger charge is 2.61. The van der Waals surface area contributed by atoms with Crippen molar-refractivity contribution in [3.05, 3.63) is 65.7 Å². The third-order valence-corrected chi connectivity index (χ3v) is 5.24. The van der Waals surface area contributed by atoms with Gasteiger partial charge in [0.1, 0.15) is 5.71 Å². The summed E-state index contributed by atoms with van der Waals surface area (Å²) in [6.07, 6.45) is -5.82. The average molecular weight is 403 g/mol. The molecule has 2 rings (SSSR count). The summed E-state index contributed by atoms with van der Waals surface area (Å²) in [4.78, 5) is 3.79. The van der Waals surface area contributed by atoms with Crippen LogP contribution in [0.2, 0.25) is 0 Å². The van der Waals surface area contributed by atoms with E-state index in [-0.39, 0.29) is 4.90 Å². The Kier molecular flexibility index (Phi) is 6.51. The molecule has 2 nitrogen and oxygen atoms in total. The average Bonchev–Trinajstić information content (AvgIpc) is 2.61. The second-order valence-electron chi connectivity index (χ2n) is 6.04. The molecule has 2 aromatic rings. The molecule has 0 saturated carbocycles.